The second-order valence-electron chi connectivity index (χ2n) is 7.24. The minimum atomic E-state index is -2.57. The molecular weight excluding hydrogens is 422 g/mol. The molecule has 4 rings (SSSR count). The fourth-order valence-electron chi connectivity index (χ4n) is 3.61. The lowest BCUT2D eigenvalue weighted by atomic mass is 10.2. The molecule has 31 heavy (non-hydrogen) atoms. The summed E-state index contributed by atoms with van der Waals surface area (Å²) in [5, 5.41) is 13.0. The predicted molar refractivity (Wildman–Crippen MR) is 115 cm³/mol. The first kappa shape index (κ1) is 21.2. The van der Waals surface area contributed by atoms with Gasteiger partial charge in [0.15, 0.2) is 11.6 Å². The number of aryl methyl sites for hydroxylation is 2. The maximum absolute atomic E-state index is 12.9. The van der Waals surface area contributed by atoms with Crippen molar-refractivity contribution in [3.8, 4) is 5.82 Å². The number of benzene rings is 1. The third kappa shape index (κ3) is 4.68. The van der Waals surface area contributed by atoms with Crippen LogP contribution < -0.4 is 4.90 Å². The number of hydrogen-bond donors (Lipinski definition) is 0. The molecule has 1 amide bonds. The molecule has 1 fully saturated rings. The van der Waals surface area contributed by atoms with Gasteiger partial charge in [0.05, 0.1) is 11.3 Å². The van der Waals surface area contributed by atoms with Gasteiger partial charge in [-0.2, -0.15) is 13.9 Å². The Labute approximate surface area is 183 Å². The Bertz CT molecular complexity index is 1060. The summed E-state index contributed by atoms with van der Waals surface area (Å²) >= 11 is 0.400. The Hall–Kier alpha value is -3.01. The largest absolute Gasteiger partial charge is 0.352 e. The van der Waals surface area contributed by atoms with Gasteiger partial charge < -0.3 is 9.80 Å². The SMILES string of the molecule is Cc1cc(C)n(-c2ccc(N3CCN(C(=O)c4ccccc4SC(F)F)CC3)nn2)n1. The van der Waals surface area contributed by atoms with Gasteiger partial charge in [0.1, 0.15) is 0 Å². The summed E-state index contributed by atoms with van der Waals surface area (Å²) in [6.07, 6.45) is 0. The number of anilines is 1. The smallest absolute Gasteiger partial charge is 0.288 e. The lowest BCUT2D eigenvalue weighted by Gasteiger charge is -2.35. The minimum absolute atomic E-state index is 0.227. The molecule has 0 bridgehead atoms. The van der Waals surface area contributed by atoms with Crippen molar-refractivity contribution in [3.63, 3.8) is 0 Å². The van der Waals surface area contributed by atoms with Crippen molar-refractivity contribution in [2.45, 2.75) is 24.5 Å². The lowest BCUT2D eigenvalue weighted by Crippen LogP contribution is -2.49. The molecule has 0 N–H and O–H groups in total. The number of hydrogen-bond acceptors (Lipinski definition) is 6. The quantitative estimate of drug-likeness (QED) is 0.561. The molecule has 3 aromatic rings. The molecule has 162 valence electrons. The number of carbonyl (C=O) groups excluding carboxylic acids is 1. The highest BCUT2D eigenvalue weighted by atomic mass is 32.2. The fourth-order valence-corrected chi connectivity index (χ4v) is 4.24. The van der Waals surface area contributed by atoms with E-state index < -0.39 is 5.76 Å². The van der Waals surface area contributed by atoms with Crippen molar-refractivity contribution in [1.29, 1.82) is 0 Å². The van der Waals surface area contributed by atoms with Crippen LogP contribution in [-0.4, -0.2) is 62.7 Å². The van der Waals surface area contributed by atoms with Crippen molar-refractivity contribution in [3.05, 3.63) is 59.4 Å². The molecule has 3 heterocycles. The van der Waals surface area contributed by atoms with Gasteiger partial charge in [-0.3, -0.25) is 4.79 Å². The Balaban J connectivity index is 1.41. The highest BCUT2D eigenvalue weighted by molar-refractivity contribution is 7.99. The van der Waals surface area contributed by atoms with E-state index in [-0.39, 0.29) is 5.91 Å². The molecular formula is C21H22F2N6OS. The highest BCUT2D eigenvalue weighted by Crippen LogP contribution is 2.29. The van der Waals surface area contributed by atoms with Crippen LogP contribution in [-0.2, 0) is 0 Å². The zero-order chi connectivity index (χ0) is 22.0. The van der Waals surface area contributed by atoms with Gasteiger partial charge in [0.25, 0.3) is 11.7 Å². The minimum Gasteiger partial charge on any atom is -0.352 e. The topological polar surface area (TPSA) is 67.2 Å². The summed E-state index contributed by atoms with van der Waals surface area (Å²) in [4.78, 5) is 16.9. The van der Waals surface area contributed by atoms with Crippen LogP contribution in [0.1, 0.15) is 21.7 Å². The first-order valence-corrected chi connectivity index (χ1v) is 10.8. The third-order valence-corrected chi connectivity index (χ3v) is 5.88. The molecule has 0 saturated carbocycles. The molecule has 1 aliphatic heterocycles. The van der Waals surface area contributed by atoms with Gasteiger partial charge in [-0.25, -0.2) is 4.68 Å². The van der Waals surface area contributed by atoms with Gasteiger partial charge in [-0.1, -0.05) is 23.9 Å². The summed E-state index contributed by atoms with van der Waals surface area (Å²) in [5.74, 6) is -1.42. The fraction of sp³-hybridized carbons (Fsp3) is 0.333. The number of aromatic nitrogens is 4. The molecule has 7 nitrogen and oxygen atoms in total. The first-order valence-electron chi connectivity index (χ1n) is 9.88. The monoisotopic (exact) mass is 444 g/mol. The van der Waals surface area contributed by atoms with E-state index in [9.17, 15) is 13.6 Å². The summed E-state index contributed by atoms with van der Waals surface area (Å²) in [7, 11) is 0. The van der Waals surface area contributed by atoms with Gasteiger partial charge in [-0.15, -0.1) is 10.2 Å². The number of alkyl halides is 2. The molecule has 0 aliphatic carbocycles. The van der Waals surface area contributed by atoms with E-state index in [0.717, 1.165) is 17.2 Å². The van der Waals surface area contributed by atoms with Crippen LogP contribution in [0, 0.1) is 13.8 Å². The molecule has 1 aliphatic rings. The van der Waals surface area contributed by atoms with Gasteiger partial charge in [-0.05, 0) is 44.2 Å². The second kappa shape index (κ2) is 9.01. The second-order valence-corrected chi connectivity index (χ2v) is 8.27. The summed E-state index contributed by atoms with van der Waals surface area (Å²) < 4.78 is 27.4. The Morgan fingerprint density at radius 2 is 1.68 bits per heavy atom. The normalized spacial score (nSPS) is 14.4. The number of piperazine rings is 1. The lowest BCUT2D eigenvalue weighted by molar-refractivity contribution is 0.0743. The molecule has 0 atom stereocenters. The zero-order valence-corrected chi connectivity index (χ0v) is 18.0. The zero-order valence-electron chi connectivity index (χ0n) is 17.2. The van der Waals surface area contributed by atoms with Crippen LogP contribution in [0.15, 0.2) is 47.4 Å². The van der Waals surface area contributed by atoms with Crippen LogP contribution >= 0.6 is 11.8 Å². The molecule has 1 aromatic carbocycles. The molecule has 2 aromatic heterocycles. The third-order valence-electron chi connectivity index (χ3n) is 5.09. The van der Waals surface area contributed by atoms with E-state index in [1.807, 2.05) is 32.0 Å². The predicted octanol–water partition coefficient (Wildman–Crippen LogP) is 3.56. The van der Waals surface area contributed by atoms with E-state index in [2.05, 4.69) is 20.2 Å². The van der Waals surface area contributed by atoms with Crippen molar-refractivity contribution in [1.82, 2.24) is 24.9 Å². The number of carbonyl (C=O) groups is 1. The average molecular weight is 445 g/mol. The van der Waals surface area contributed by atoms with Gasteiger partial charge >= 0.3 is 0 Å². The standard InChI is InChI=1S/C21H22F2N6OS/c1-14-13-15(2)29(26-14)19-8-7-18(24-25-19)27-9-11-28(12-10-27)20(30)16-5-3-4-6-17(16)31-21(22)23/h3-8,13,21H,9-12H2,1-2H3. The maximum Gasteiger partial charge on any atom is 0.288 e. The Morgan fingerprint density at radius 3 is 2.29 bits per heavy atom. The molecule has 0 radical (unpaired) electrons. The summed E-state index contributed by atoms with van der Waals surface area (Å²) in [6.45, 7) is 6.02. The van der Waals surface area contributed by atoms with E-state index >= 15 is 0 Å². The van der Waals surface area contributed by atoms with Crippen LogP contribution in [0.5, 0.6) is 0 Å². The average Bonchev–Trinajstić information content (AvgIpc) is 3.11. The van der Waals surface area contributed by atoms with Crippen molar-refractivity contribution >= 4 is 23.5 Å². The summed E-state index contributed by atoms with van der Waals surface area (Å²) in [5.41, 5.74) is 2.21. The number of rotatable bonds is 5. The van der Waals surface area contributed by atoms with Crippen LogP contribution in [0.25, 0.3) is 5.82 Å². The Morgan fingerprint density at radius 1 is 1.00 bits per heavy atom. The number of thioether (sulfide) groups is 1. The van der Waals surface area contributed by atoms with Crippen molar-refractivity contribution in [2.75, 3.05) is 31.1 Å². The molecule has 0 spiro atoms. The van der Waals surface area contributed by atoms with Crippen LogP contribution in [0.3, 0.4) is 0 Å². The van der Waals surface area contributed by atoms with E-state index in [4.69, 9.17) is 0 Å². The number of halogens is 2. The molecule has 1 saturated heterocycles. The Kier molecular flexibility index (Phi) is 6.17. The van der Waals surface area contributed by atoms with Crippen LogP contribution in [0.2, 0.25) is 0 Å². The van der Waals surface area contributed by atoms with E-state index in [0.29, 0.717) is 54.2 Å². The van der Waals surface area contributed by atoms with Crippen LogP contribution in [0.4, 0.5) is 14.6 Å². The van der Waals surface area contributed by atoms with E-state index in [1.54, 1.807) is 33.8 Å². The molecule has 10 heteroatoms. The van der Waals surface area contributed by atoms with Gasteiger partial charge in [0, 0.05) is 36.8 Å². The van der Waals surface area contributed by atoms with Crippen molar-refractivity contribution in [2.24, 2.45) is 0 Å². The first-order chi connectivity index (χ1) is 14.9. The molecule has 0 unspecified atom stereocenters. The highest BCUT2D eigenvalue weighted by Gasteiger charge is 2.25. The number of nitrogens with zero attached hydrogens (tertiary/aromatic N) is 6. The maximum atomic E-state index is 12.9. The van der Waals surface area contributed by atoms with Crippen molar-refractivity contribution < 1.29 is 13.6 Å². The van der Waals surface area contributed by atoms with E-state index in [1.165, 1.54) is 0 Å². The van der Waals surface area contributed by atoms with Gasteiger partial charge in [0.2, 0.25) is 0 Å². The number of amides is 1. The summed E-state index contributed by atoms with van der Waals surface area (Å²) in [6, 6.07) is 12.3.